The molecule has 1 aliphatic rings. The molecule has 1 N–H and O–H groups in total. The zero-order valence-electron chi connectivity index (χ0n) is 13.2. The van der Waals surface area contributed by atoms with Gasteiger partial charge in [0.1, 0.15) is 0 Å². The van der Waals surface area contributed by atoms with E-state index in [0.29, 0.717) is 6.61 Å². The fourth-order valence-corrected chi connectivity index (χ4v) is 3.06. The number of anilines is 1. The summed E-state index contributed by atoms with van der Waals surface area (Å²) in [6.07, 6.45) is 9.06. The Morgan fingerprint density at radius 2 is 2.10 bits per heavy atom. The molecule has 1 aromatic rings. The maximum Gasteiger partial charge on any atom is 0.203 e. The smallest absolute Gasteiger partial charge is 0.203 e. The van der Waals surface area contributed by atoms with Crippen molar-refractivity contribution in [2.45, 2.75) is 52.5 Å². The monoisotopic (exact) mass is 279 g/mol. The number of hydrogen-bond donors (Lipinski definition) is 1. The molecule has 1 aliphatic carbocycles. The van der Waals surface area contributed by atoms with Crippen LogP contribution in [-0.4, -0.2) is 29.8 Å². The molecule has 0 aromatic carbocycles. The molecule has 0 saturated heterocycles. The zero-order valence-corrected chi connectivity index (χ0v) is 13.2. The molecule has 0 bridgehead atoms. The van der Waals surface area contributed by atoms with Crippen LogP contribution < -0.4 is 5.32 Å². The Balaban J connectivity index is 1.82. The largest absolute Gasteiger partial charge is 0.383 e. The molecule has 4 heteroatoms. The van der Waals surface area contributed by atoms with Gasteiger partial charge in [-0.25, -0.2) is 4.98 Å². The second kappa shape index (κ2) is 7.67. The van der Waals surface area contributed by atoms with Crippen LogP contribution in [0.15, 0.2) is 6.20 Å². The number of imidazole rings is 1. The van der Waals surface area contributed by atoms with Gasteiger partial charge in [-0.15, -0.1) is 0 Å². The number of ether oxygens (including phenoxy) is 1. The molecule has 0 radical (unpaired) electrons. The highest BCUT2D eigenvalue weighted by Gasteiger charge is 2.18. The van der Waals surface area contributed by atoms with Crippen LogP contribution in [0, 0.1) is 18.8 Å². The highest BCUT2D eigenvalue weighted by molar-refractivity contribution is 5.28. The van der Waals surface area contributed by atoms with Crippen molar-refractivity contribution in [3.63, 3.8) is 0 Å². The summed E-state index contributed by atoms with van der Waals surface area (Å²) < 4.78 is 7.34. The molecule has 0 unspecified atom stereocenters. The second-order valence-corrected chi connectivity index (χ2v) is 6.23. The van der Waals surface area contributed by atoms with Gasteiger partial charge in [0.05, 0.1) is 12.3 Å². The molecule has 1 aromatic heterocycles. The molecule has 4 nitrogen and oxygen atoms in total. The van der Waals surface area contributed by atoms with Gasteiger partial charge in [0.15, 0.2) is 0 Å². The third-order valence-electron chi connectivity index (χ3n) is 4.40. The van der Waals surface area contributed by atoms with Crippen molar-refractivity contribution < 1.29 is 4.74 Å². The Morgan fingerprint density at radius 3 is 2.80 bits per heavy atom. The van der Waals surface area contributed by atoms with Crippen molar-refractivity contribution in [3.05, 3.63) is 11.9 Å². The van der Waals surface area contributed by atoms with Crippen molar-refractivity contribution in [3.8, 4) is 0 Å². The Kier molecular flexibility index (Phi) is 5.89. The number of nitrogens with one attached hydrogen (secondary N) is 1. The Hall–Kier alpha value is -1.03. The van der Waals surface area contributed by atoms with Gasteiger partial charge < -0.3 is 14.6 Å². The fourth-order valence-electron chi connectivity index (χ4n) is 3.06. The third kappa shape index (κ3) is 4.51. The molecular formula is C16H29N3O. The van der Waals surface area contributed by atoms with E-state index in [-0.39, 0.29) is 0 Å². The lowest BCUT2D eigenvalue weighted by molar-refractivity contribution is 0.210. The molecular weight excluding hydrogens is 250 g/mol. The third-order valence-corrected chi connectivity index (χ3v) is 4.40. The first-order chi connectivity index (χ1) is 9.69. The molecule has 2 rings (SSSR count). The van der Waals surface area contributed by atoms with Crippen molar-refractivity contribution in [1.82, 2.24) is 9.55 Å². The SMILES string of the molecule is COCCNc1nc(C)cn1CCC1CCC(C)CC1. The maximum atomic E-state index is 5.08. The van der Waals surface area contributed by atoms with E-state index in [9.17, 15) is 0 Å². The van der Waals surface area contributed by atoms with E-state index in [0.717, 1.165) is 36.6 Å². The van der Waals surface area contributed by atoms with Crippen molar-refractivity contribution in [2.75, 3.05) is 25.6 Å². The summed E-state index contributed by atoms with van der Waals surface area (Å²) in [7, 11) is 1.73. The average molecular weight is 279 g/mol. The normalized spacial score (nSPS) is 22.9. The van der Waals surface area contributed by atoms with Gasteiger partial charge in [0.2, 0.25) is 5.95 Å². The molecule has 1 fully saturated rings. The summed E-state index contributed by atoms with van der Waals surface area (Å²) in [6.45, 7) is 7.04. The standard InChI is InChI=1S/C16H29N3O/c1-13-4-6-15(7-5-13)8-10-19-12-14(2)18-16(19)17-9-11-20-3/h12-13,15H,4-11H2,1-3H3,(H,17,18). The van der Waals surface area contributed by atoms with Crippen LogP contribution in [0.25, 0.3) is 0 Å². The number of aromatic nitrogens is 2. The van der Waals surface area contributed by atoms with E-state index >= 15 is 0 Å². The summed E-state index contributed by atoms with van der Waals surface area (Å²) in [5.74, 6) is 2.83. The van der Waals surface area contributed by atoms with Crippen molar-refractivity contribution >= 4 is 5.95 Å². The molecule has 1 saturated carbocycles. The topological polar surface area (TPSA) is 39.1 Å². The lowest BCUT2D eigenvalue weighted by atomic mass is 9.81. The first-order valence-electron chi connectivity index (χ1n) is 7.95. The van der Waals surface area contributed by atoms with Crippen LogP contribution in [0.1, 0.15) is 44.7 Å². The predicted molar refractivity (Wildman–Crippen MR) is 83.1 cm³/mol. The van der Waals surface area contributed by atoms with Gasteiger partial charge in [-0.2, -0.15) is 0 Å². The first kappa shape index (κ1) is 15.4. The van der Waals surface area contributed by atoms with E-state index in [1.165, 1.54) is 32.1 Å². The Labute approximate surface area is 122 Å². The van der Waals surface area contributed by atoms with Gasteiger partial charge in [0.25, 0.3) is 0 Å². The van der Waals surface area contributed by atoms with Crippen LogP contribution in [0.3, 0.4) is 0 Å². The molecule has 0 aliphatic heterocycles. The lowest BCUT2D eigenvalue weighted by Gasteiger charge is -2.26. The summed E-state index contributed by atoms with van der Waals surface area (Å²) >= 11 is 0. The summed E-state index contributed by atoms with van der Waals surface area (Å²) in [5, 5.41) is 3.36. The average Bonchev–Trinajstić information content (AvgIpc) is 2.79. The second-order valence-electron chi connectivity index (χ2n) is 6.23. The number of methoxy groups -OCH3 is 1. The minimum atomic E-state index is 0.715. The van der Waals surface area contributed by atoms with E-state index in [1.807, 2.05) is 0 Å². The van der Waals surface area contributed by atoms with Gasteiger partial charge in [-0.05, 0) is 25.2 Å². The molecule has 1 heterocycles. The van der Waals surface area contributed by atoms with Gasteiger partial charge in [-0.1, -0.05) is 32.6 Å². The zero-order chi connectivity index (χ0) is 14.4. The number of hydrogen-bond acceptors (Lipinski definition) is 3. The Bertz CT molecular complexity index is 394. The highest BCUT2D eigenvalue weighted by Crippen LogP contribution is 2.30. The summed E-state index contributed by atoms with van der Waals surface area (Å²) in [6, 6.07) is 0. The predicted octanol–water partition coefficient (Wildman–Crippen LogP) is 3.47. The van der Waals surface area contributed by atoms with E-state index in [1.54, 1.807) is 7.11 Å². The molecule has 114 valence electrons. The van der Waals surface area contributed by atoms with E-state index in [2.05, 4.69) is 34.9 Å². The first-order valence-corrected chi connectivity index (χ1v) is 7.95. The van der Waals surface area contributed by atoms with Crippen molar-refractivity contribution in [2.24, 2.45) is 11.8 Å². The number of nitrogens with zero attached hydrogens (tertiary/aromatic N) is 2. The van der Waals surface area contributed by atoms with Crippen LogP contribution in [0.5, 0.6) is 0 Å². The Morgan fingerprint density at radius 1 is 1.35 bits per heavy atom. The summed E-state index contributed by atoms with van der Waals surface area (Å²) in [4.78, 5) is 4.55. The molecule has 0 atom stereocenters. The van der Waals surface area contributed by atoms with Crippen LogP contribution >= 0.6 is 0 Å². The van der Waals surface area contributed by atoms with Crippen LogP contribution in [-0.2, 0) is 11.3 Å². The minimum Gasteiger partial charge on any atom is -0.383 e. The van der Waals surface area contributed by atoms with Crippen molar-refractivity contribution in [1.29, 1.82) is 0 Å². The fraction of sp³-hybridized carbons (Fsp3) is 0.812. The molecule has 20 heavy (non-hydrogen) atoms. The van der Waals surface area contributed by atoms with Crippen LogP contribution in [0.2, 0.25) is 0 Å². The number of aryl methyl sites for hydroxylation is 2. The molecule has 0 amide bonds. The van der Waals surface area contributed by atoms with Crippen LogP contribution in [0.4, 0.5) is 5.95 Å². The number of rotatable bonds is 7. The maximum absolute atomic E-state index is 5.08. The lowest BCUT2D eigenvalue weighted by Crippen LogP contribution is -2.16. The summed E-state index contributed by atoms with van der Waals surface area (Å²) in [5.41, 5.74) is 1.09. The van der Waals surface area contributed by atoms with E-state index in [4.69, 9.17) is 4.74 Å². The quantitative estimate of drug-likeness (QED) is 0.777. The van der Waals surface area contributed by atoms with E-state index < -0.39 is 0 Å². The minimum absolute atomic E-state index is 0.715. The molecule has 0 spiro atoms. The van der Waals surface area contributed by atoms with Gasteiger partial charge in [0, 0.05) is 26.4 Å². The van der Waals surface area contributed by atoms with Gasteiger partial charge >= 0.3 is 0 Å². The van der Waals surface area contributed by atoms with Gasteiger partial charge in [-0.3, -0.25) is 0 Å². The highest BCUT2D eigenvalue weighted by atomic mass is 16.5.